The summed E-state index contributed by atoms with van der Waals surface area (Å²) in [5, 5.41) is 18.6. The molecule has 0 saturated carbocycles. The molecule has 146 heavy (non-hydrogen) atoms. The van der Waals surface area contributed by atoms with Crippen molar-refractivity contribution in [2.24, 2.45) is 0 Å². The van der Waals surface area contributed by atoms with E-state index >= 15 is 0 Å². The van der Waals surface area contributed by atoms with Crippen LogP contribution in [0.15, 0.2) is 559 Å². The number of nitrogens with zero attached hydrogens (tertiary/aromatic N) is 6. The van der Waals surface area contributed by atoms with Gasteiger partial charge >= 0.3 is 0 Å². The predicted molar refractivity (Wildman–Crippen MR) is 610 cm³/mol. The molecule has 9 nitrogen and oxygen atoms in total. The Hall–Kier alpha value is -19.6. The summed E-state index contributed by atoms with van der Waals surface area (Å²) in [5.74, 6) is 1.92. The number of hydrogen-bond donors (Lipinski definition) is 0. The summed E-state index contributed by atoms with van der Waals surface area (Å²) in [6.45, 7) is 0. The summed E-state index contributed by atoms with van der Waals surface area (Å²) in [6.07, 6.45) is 0. The van der Waals surface area contributed by atoms with E-state index in [4.69, 9.17) is 28.2 Å². The predicted octanol–water partition coefficient (Wildman–Crippen LogP) is 38.5. The monoisotopic (exact) mass is 1870 g/mol. The van der Waals surface area contributed by atoms with Crippen LogP contribution < -0.4 is 14.7 Å². The van der Waals surface area contributed by atoms with Crippen molar-refractivity contribution < 1.29 is 13.3 Å². The summed E-state index contributed by atoms with van der Waals surface area (Å²) in [7, 11) is 0. The molecule has 25 aromatic carbocycles. The van der Waals surface area contributed by atoms with Crippen LogP contribution in [0.1, 0.15) is 0 Å². The normalized spacial score (nSPS) is 11.4. The number of fused-ring (bicyclic) bond motifs is 17. The van der Waals surface area contributed by atoms with E-state index in [0.717, 1.165) is 177 Å². The Morgan fingerprint density at radius 1 is 0.144 bits per heavy atom. The lowest BCUT2D eigenvalue weighted by Gasteiger charge is -2.26. The van der Waals surface area contributed by atoms with Crippen molar-refractivity contribution in [3.05, 3.63) is 546 Å². The van der Waals surface area contributed by atoms with Gasteiger partial charge in [-0.05, 0) is 308 Å². The van der Waals surface area contributed by atoms with Gasteiger partial charge in [0.1, 0.15) is 16.6 Å². The van der Waals surface area contributed by atoms with Gasteiger partial charge < -0.3 is 28.0 Å². The third-order valence-electron chi connectivity index (χ3n) is 28.0. The Labute approximate surface area is 843 Å². The van der Waals surface area contributed by atoms with E-state index in [2.05, 4.69) is 445 Å². The molecule has 0 aliphatic heterocycles. The lowest BCUT2D eigenvalue weighted by molar-refractivity contribution is 0.620. The second-order valence-corrected chi connectivity index (χ2v) is 36.9. The van der Waals surface area contributed by atoms with Crippen molar-refractivity contribution in [1.29, 1.82) is 0 Å². The van der Waals surface area contributed by atoms with Gasteiger partial charge in [0.25, 0.3) is 0 Å². The molecular formula is C137H90N6O3. The molecule has 0 aliphatic carbocycles. The maximum Gasteiger partial charge on any atom is 0.227 e. The Balaban J connectivity index is 0.000000112. The second-order valence-electron chi connectivity index (χ2n) is 36.9. The van der Waals surface area contributed by atoms with Crippen molar-refractivity contribution in [3.8, 4) is 90.0 Å². The van der Waals surface area contributed by atoms with Gasteiger partial charge in [0, 0.05) is 84.0 Å². The average molecular weight is 1870 g/mol. The fourth-order valence-corrected chi connectivity index (χ4v) is 20.6. The van der Waals surface area contributed by atoms with E-state index in [1.807, 2.05) is 115 Å². The summed E-state index contributed by atoms with van der Waals surface area (Å²) >= 11 is 0. The van der Waals surface area contributed by atoms with Crippen molar-refractivity contribution in [3.63, 3.8) is 0 Å². The smallest absolute Gasteiger partial charge is 0.227 e. The summed E-state index contributed by atoms with van der Waals surface area (Å²) in [4.78, 5) is 21.6. The highest BCUT2D eigenvalue weighted by molar-refractivity contribution is 6.22. The topological polar surface area (TPSA) is 87.8 Å². The first kappa shape index (κ1) is 86.7. The van der Waals surface area contributed by atoms with E-state index in [-0.39, 0.29) is 0 Å². The van der Waals surface area contributed by atoms with Crippen LogP contribution in [-0.2, 0) is 0 Å². The molecule has 0 fully saturated rings. The Morgan fingerprint density at radius 2 is 0.404 bits per heavy atom. The Bertz CT molecular complexity index is 9650. The first-order chi connectivity index (χ1) is 72.3. The molecule has 686 valence electrons. The third-order valence-corrected chi connectivity index (χ3v) is 28.0. The van der Waals surface area contributed by atoms with Crippen LogP contribution in [0.25, 0.3) is 209 Å². The van der Waals surface area contributed by atoms with Crippen LogP contribution in [0, 0.1) is 0 Å². The molecule has 28 aromatic rings. The molecule has 0 spiro atoms. The minimum Gasteiger partial charge on any atom is -0.436 e. The van der Waals surface area contributed by atoms with Crippen molar-refractivity contribution in [1.82, 2.24) is 15.0 Å². The van der Waals surface area contributed by atoms with Crippen LogP contribution in [0.3, 0.4) is 0 Å². The fourth-order valence-electron chi connectivity index (χ4n) is 20.6. The molecule has 0 N–H and O–H groups in total. The van der Waals surface area contributed by atoms with E-state index in [0.29, 0.717) is 17.7 Å². The lowest BCUT2D eigenvalue weighted by atomic mass is 9.96. The van der Waals surface area contributed by atoms with E-state index in [1.165, 1.54) is 65.5 Å². The minimum absolute atomic E-state index is 0.637. The maximum atomic E-state index is 6.49. The van der Waals surface area contributed by atoms with Gasteiger partial charge in [-0.2, -0.15) is 0 Å². The summed E-state index contributed by atoms with van der Waals surface area (Å²) < 4.78 is 19.2. The number of oxazole rings is 3. The largest absolute Gasteiger partial charge is 0.436 e. The third kappa shape index (κ3) is 16.8. The zero-order valence-electron chi connectivity index (χ0n) is 79.4. The maximum absolute atomic E-state index is 6.49. The van der Waals surface area contributed by atoms with Gasteiger partial charge in [-0.15, -0.1) is 0 Å². The van der Waals surface area contributed by atoms with Crippen LogP contribution in [0.4, 0.5) is 51.2 Å². The van der Waals surface area contributed by atoms with Crippen LogP contribution in [0.2, 0.25) is 0 Å². The molecule has 9 heteroatoms. The first-order valence-electron chi connectivity index (χ1n) is 49.4. The molecule has 28 rings (SSSR count). The van der Waals surface area contributed by atoms with Crippen molar-refractivity contribution in [2.75, 3.05) is 14.7 Å². The molecular weight excluding hydrogens is 1780 g/mol. The number of aromatic nitrogens is 3. The van der Waals surface area contributed by atoms with Gasteiger partial charge in [0.05, 0.1) is 0 Å². The van der Waals surface area contributed by atoms with E-state index < -0.39 is 0 Å². The highest BCUT2D eigenvalue weighted by atomic mass is 16.4. The first-order valence-corrected chi connectivity index (χ1v) is 49.4. The Morgan fingerprint density at radius 3 is 0.801 bits per heavy atom. The van der Waals surface area contributed by atoms with E-state index in [1.54, 1.807) is 0 Å². The summed E-state index contributed by atoms with van der Waals surface area (Å²) in [6, 6.07) is 193. The van der Waals surface area contributed by atoms with Crippen molar-refractivity contribution in [2.45, 2.75) is 0 Å². The van der Waals surface area contributed by atoms with Gasteiger partial charge in [0.15, 0.2) is 16.7 Å². The number of para-hydroxylation sites is 2. The molecule has 3 heterocycles. The zero-order chi connectivity index (χ0) is 96.7. The number of rotatable bonds is 17. The molecule has 0 atom stereocenters. The summed E-state index contributed by atoms with van der Waals surface area (Å²) in [5.41, 5.74) is 29.7. The molecule has 0 amide bonds. The van der Waals surface area contributed by atoms with Crippen LogP contribution in [0.5, 0.6) is 0 Å². The van der Waals surface area contributed by atoms with Gasteiger partial charge in [0.2, 0.25) is 17.7 Å². The number of benzene rings is 25. The van der Waals surface area contributed by atoms with Crippen molar-refractivity contribution >= 4 is 171 Å². The highest BCUT2D eigenvalue weighted by Crippen LogP contribution is 2.47. The molecule has 3 aromatic heterocycles. The van der Waals surface area contributed by atoms with E-state index in [9.17, 15) is 0 Å². The fraction of sp³-hybridized carbons (Fsp3) is 0. The van der Waals surface area contributed by atoms with Gasteiger partial charge in [-0.1, -0.05) is 364 Å². The molecule has 0 radical (unpaired) electrons. The van der Waals surface area contributed by atoms with Crippen LogP contribution in [-0.4, -0.2) is 15.0 Å². The molecule has 0 unspecified atom stereocenters. The molecule has 0 bridgehead atoms. The molecule has 0 saturated heterocycles. The van der Waals surface area contributed by atoms with Gasteiger partial charge in [-0.25, -0.2) is 15.0 Å². The standard InChI is InChI=1S/2C49H32N2O.C39H26N2O/c1-3-9-33(10-4-1)35-19-25-42(26-20-35)51(44-29-23-34-11-7-8-14-40(34)31-44)43-27-21-36(22-28-43)41-18-16-37-15-17-38-24-30-46-48(47(38)45(37)32-41)52-49(50-46)39-12-5-2-6-13-39;1-3-9-33(10-4-1)35-17-24-42(25-18-35)51(44-28-21-34-11-7-8-14-39(34)32-44)43-26-19-36(20-27-43)40-22-29-45-41(31-40)16-15-37-23-30-46-48(47(37)45)50-49(52-46)38-12-5-2-6-13-38;1-4-10-30(11-5-1)39-40-36-25-22-29-18-16-28-17-19-31(26-35(28)37(29)38(36)42-39)27-20-23-34(24-21-27)41(32-12-6-2-7-13-32)33-14-8-3-9-15-33/h2*1-32H;1-26H. The number of anilines is 9. The number of hydrogen-bond acceptors (Lipinski definition) is 9. The molecule has 0 aliphatic rings. The lowest BCUT2D eigenvalue weighted by Crippen LogP contribution is -2.09. The zero-order valence-corrected chi connectivity index (χ0v) is 79.4. The highest BCUT2D eigenvalue weighted by Gasteiger charge is 2.24. The Kier molecular flexibility index (Phi) is 22.5. The quantitative estimate of drug-likeness (QED) is 0.0827. The second kappa shape index (κ2) is 37.9. The SMILES string of the molecule is c1ccc(-c2ccc(N(c3ccc(-c4ccc5c(ccc6ccc7oc(-c8ccccc8)nc7c65)c4)cc3)c3ccc4ccccc4c3)cc2)cc1.c1ccc(-c2ccc(N(c3ccc(-c4ccc5ccc6ccc7nc(-c8ccccc8)oc7c6c5c4)cc3)c3ccc4ccccc4c3)cc2)cc1.c1ccc(-c2nc3ccc4ccc5ccc(-c6ccc(N(c7ccccc7)c7ccccc7)cc6)cc5c4c3o2)cc1. The minimum atomic E-state index is 0.637. The average Bonchev–Trinajstić information content (AvgIpc) is 1.53. The van der Waals surface area contributed by atoms with Crippen LogP contribution >= 0.6 is 0 Å². The van der Waals surface area contributed by atoms with Gasteiger partial charge in [-0.3, -0.25) is 0 Å².